The van der Waals surface area contributed by atoms with E-state index in [2.05, 4.69) is 4.98 Å². The van der Waals surface area contributed by atoms with E-state index >= 15 is 0 Å². The van der Waals surface area contributed by atoms with E-state index in [1.165, 1.54) is 38.4 Å². The zero-order valence-electron chi connectivity index (χ0n) is 12.3. The van der Waals surface area contributed by atoms with Crippen molar-refractivity contribution in [1.82, 2.24) is 9.29 Å². The lowest BCUT2D eigenvalue weighted by Crippen LogP contribution is -2.22. The highest BCUT2D eigenvalue weighted by Crippen LogP contribution is 2.32. The van der Waals surface area contributed by atoms with Gasteiger partial charge >= 0.3 is 6.18 Å². The quantitative estimate of drug-likeness (QED) is 0.928. The number of anilines is 1. The minimum Gasteiger partial charge on any atom is -0.397 e. The molecule has 0 radical (unpaired) electrons. The van der Waals surface area contributed by atoms with Crippen LogP contribution in [-0.2, 0) is 16.2 Å². The van der Waals surface area contributed by atoms with Crippen molar-refractivity contribution in [2.45, 2.75) is 11.1 Å². The number of aromatic nitrogens is 1. The number of nitrogens with two attached hydrogens (primary N) is 1. The van der Waals surface area contributed by atoms with Gasteiger partial charge in [0.05, 0.1) is 16.3 Å². The molecule has 0 bridgehead atoms. The van der Waals surface area contributed by atoms with Crippen molar-refractivity contribution in [3.8, 4) is 11.3 Å². The molecule has 124 valence electrons. The summed E-state index contributed by atoms with van der Waals surface area (Å²) in [6.07, 6.45) is -4.59. The number of hydrogen-bond donors (Lipinski definition) is 1. The van der Waals surface area contributed by atoms with Crippen LogP contribution in [0.4, 0.5) is 18.9 Å². The second kappa shape index (κ2) is 5.82. The van der Waals surface area contributed by atoms with Crippen LogP contribution in [0, 0.1) is 0 Å². The molecule has 0 amide bonds. The molecule has 0 spiro atoms. The van der Waals surface area contributed by atoms with Crippen LogP contribution in [0.5, 0.6) is 0 Å². The first-order chi connectivity index (χ1) is 10.5. The molecule has 0 fully saturated rings. The first-order valence-electron chi connectivity index (χ1n) is 6.40. The van der Waals surface area contributed by atoms with Crippen LogP contribution in [0.1, 0.15) is 5.69 Å². The molecule has 0 unspecified atom stereocenters. The summed E-state index contributed by atoms with van der Waals surface area (Å²) in [5, 5.41) is 0. The van der Waals surface area contributed by atoms with Crippen molar-refractivity contribution in [3.63, 3.8) is 0 Å². The highest BCUT2D eigenvalue weighted by Gasteiger charge is 2.33. The van der Waals surface area contributed by atoms with Gasteiger partial charge in [0, 0.05) is 19.7 Å². The summed E-state index contributed by atoms with van der Waals surface area (Å²) in [6.45, 7) is 0. The summed E-state index contributed by atoms with van der Waals surface area (Å²) in [6, 6.07) is 7.25. The van der Waals surface area contributed by atoms with E-state index in [9.17, 15) is 21.6 Å². The van der Waals surface area contributed by atoms with Gasteiger partial charge in [-0.05, 0) is 24.3 Å². The second-order valence-corrected chi connectivity index (χ2v) is 7.10. The zero-order valence-corrected chi connectivity index (χ0v) is 13.1. The number of nitrogens with zero attached hydrogens (tertiary/aromatic N) is 2. The monoisotopic (exact) mass is 345 g/mol. The van der Waals surface area contributed by atoms with Gasteiger partial charge in [0.2, 0.25) is 10.0 Å². The Bertz CT molecular complexity index is 816. The number of benzene rings is 1. The van der Waals surface area contributed by atoms with E-state index < -0.39 is 21.9 Å². The summed E-state index contributed by atoms with van der Waals surface area (Å²) in [5.74, 6) is 0. The SMILES string of the molecule is CN(C)S(=O)(=O)c1ccc(-c2nc(C(F)(F)F)ccc2N)cc1. The van der Waals surface area contributed by atoms with Gasteiger partial charge in [-0.2, -0.15) is 13.2 Å². The number of nitrogen functional groups attached to an aromatic ring is 1. The lowest BCUT2D eigenvalue weighted by atomic mass is 10.1. The van der Waals surface area contributed by atoms with Gasteiger partial charge in [-0.3, -0.25) is 0 Å². The molecule has 2 aromatic rings. The third kappa shape index (κ3) is 3.45. The van der Waals surface area contributed by atoms with Gasteiger partial charge in [0.15, 0.2) is 0 Å². The summed E-state index contributed by atoms with van der Waals surface area (Å²) in [5.41, 5.74) is 4.94. The summed E-state index contributed by atoms with van der Waals surface area (Å²) >= 11 is 0. The van der Waals surface area contributed by atoms with Gasteiger partial charge in [-0.15, -0.1) is 0 Å². The maximum atomic E-state index is 12.7. The number of pyridine rings is 1. The number of sulfonamides is 1. The molecule has 0 aliphatic carbocycles. The van der Waals surface area contributed by atoms with E-state index in [0.717, 1.165) is 16.4 Å². The third-order valence-corrected chi connectivity index (χ3v) is 4.95. The van der Waals surface area contributed by atoms with Crippen molar-refractivity contribution in [2.24, 2.45) is 0 Å². The highest BCUT2D eigenvalue weighted by atomic mass is 32.2. The molecule has 1 aromatic carbocycles. The third-order valence-electron chi connectivity index (χ3n) is 3.12. The molecular formula is C14H14F3N3O2S. The van der Waals surface area contributed by atoms with Crippen LogP contribution in [-0.4, -0.2) is 31.8 Å². The second-order valence-electron chi connectivity index (χ2n) is 4.94. The molecule has 1 heterocycles. The average Bonchev–Trinajstić information content (AvgIpc) is 2.46. The number of halogens is 3. The van der Waals surface area contributed by atoms with E-state index in [1.54, 1.807) is 0 Å². The maximum absolute atomic E-state index is 12.7. The van der Waals surface area contributed by atoms with E-state index in [0.29, 0.717) is 5.56 Å². The molecule has 0 atom stereocenters. The molecule has 0 aliphatic heterocycles. The van der Waals surface area contributed by atoms with Crippen LogP contribution in [0.15, 0.2) is 41.3 Å². The summed E-state index contributed by atoms with van der Waals surface area (Å²) in [7, 11) is -0.847. The largest absolute Gasteiger partial charge is 0.433 e. The van der Waals surface area contributed by atoms with Crippen molar-refractivity contribution < 1.29 is 21.6 Å². The fourth-order valence-corrected chi connectivity index (χ4v) is 2.76. The van der Waals surface area contributed by atoms with Crippen LogP contribution in [0.25, 0.3) is 11.3 Å². The molecule has 2 N–H and O–H groups in total. The normalized spacial score (nSPS) is 12.6. The lowest BCUT2D eigenvalue weighted by Gasteiger charge is -2.13. The molecule has 0 aliphatic rings. The van der Waals surface area contributed by atoms with Crippen LogP contribution >= 0.6 is 0 Å². The fraction of sp³-hybridized carbons (Fsp3) is 0.214. The molecule has 0 saturated carbocycles. The van der Waals surface area contributed by atoms with E-state index in [1.807, 2.05) is 0 Å². The lowest BCUT2D eigenvalue weighted by molar-refractivity contribution is -0.141. The van der Waals surface area contributed by atoms with E-state index in [-0.39, 0.29) is 16.3 Å². The van der Waals surface area contributed by atoms with Crippen LogP contribution < -0.4 is 5.73 Å². The first-order valence-corrected chi connectivity index (χ1v) is 7.84. The number of hydrogen-bond acceptors (Lipinski definition) is 4. The van der Waals surface area contributed by atoms with Crippen molar-refractivity contribution in [3.05, 3.63) is 42.1 Å². The topological polar surface area (TPSA) is 76.3 Å². The molecule has 0 saturated heterocycles. The maximum Gasteiger partial charge on any atom is 0.433 e. The van der Waals surface area contributed by atoms with Gasteiger partial charge in [0.25, 0.3) is 0 Å². The fourth-order valence-electron chi connectivity index (χ4n) is 1.85. The zero-order chi connectivity index (χ0) is 17.4. The molecule has 1 aromatic heterocycles. The molecule has 2 rings (SSSR count). The number of alkyl halides is 3. The minimum atomic E-state index is -4.59. The van der Waals surface area contributed by atoms with Gasteiger partial charge in [0.1, 0.15) is 5.69 Å². The Labute approximate surface area is 131 Å². The Morgan fingerprint density at radius 1 is 1.04 bits per heavy atom. The Balaban J connectivity index is 2.48. The highest BCUT2D eigenvalue weighted by molar-refractivity contribution is 7.89. The first kappa shape index (κ1) is 17.2. The van der Waals surface area contributed by atoms with Crippen molar-refractivity contribution in [2.75, 3.05) is 19.8 Å². The minimum absolute atomic E-state index is 0.0248. The Kier molecular flexibility index (Phi) is 4.36. The van der Waals surface area contributed by atoms with Crippen molar-refractivity contribution >= 4 is 15.7 Å². The number of rotatable bonds is 3. The van der Waals surface area contributed by atoms with Gasteiger partial charge in [-0.1, -0.05) is 12.1 Å². The molecular weight excluding hydrogens is 331 g/mol. The van der Waals surface area contributed by atoms with E-state index in [4.69, 9.17) is 5.73 Å². The Hall–Kier alpha value is -2.13. The Morgan fingerprint density at radius 3 is 2.09 bits per heavy atom. The van der Waals surface area contributed by atoms with Gasteiger partial charge < -0.3 is 5.73 Å². The van der Waals surface area contributed by atoms with Crippen LogP contribution in [0.2, 0.25) is 0 Å². The standard InChI is InChI=1S/C14H14F3N3O2S/c1-20(2)23(21,22)10-5-3-9(4-6-10)13-11(18)7-8-12(19-13)14(15,16)17/h3-8H,18H2,1-2H3. The predicted molar refractivity (Wildman–Crippen MR) is 80.0 cm³/mol. The molecule has 23 heavy (non-hydrogen) atoms. The summed E-state index contributed by atoms with van der Waals surface area (Å²) in [4.78, 5) is 3.56. The average molecular weight is 345 g/mol. The van der Waals surface area contributed by atoms with Crippen LogP contribution in [0.3, 0.4) is 0 Å². The Morgan fingerprint density at radius 2 is 1.61 bits per heavy atom. The molecule has 9 heteroatoms. The summed E-state index contributed by atoms with van der Waals surface area (Å²) < 4.78 is 63.2. The van der Waals surface area contributed by atoms with Gasteiger partial charge in [-0.25, -0.2) is 17.7 Å². The smallest absolute Gasteiger partial charge is 0.397 e. The molecule has 5 nitrogen and oxygen atoms in total. The predicted octanol–water partition coefficient (Wildman–Crippen LogP) is 2.60. The van der Waals surface area contributed by atoms with Crippen molar-refractivity contribution in [1.29, 1.82) is 0 Å².